The zero-order valence-electron chi connectivity index (χ0n) is 19.9. The molecule has 2 atom stereocenters. The molecule has 1 aliphatic carbocycles. The molecule has 0 saturated heterocycles. The number of allylic oxidation sites excluding steroid dienone is 4. The van der Waals surface area contributed by atoms with Gasteiger partial charge in [0.2, 0.25) is 0 Å². The average molecular weight is 459 g/mol. The minimum absolute atomic E-state index is 0.205. The van der Waals surface area contributed by atoms with Crippen molar-refractivity contribution in [1.29, 1.82) is 0 Å². The van der Waals surface area contributed by atoms with Gasteiger partial charge in [0.25, 0.3) is 0 Å². The van der Waals surface area contributed by atoms with Gasteiger partial charge in [-0.1, -0.05) is 68.5 Å². The summed E-state index contributed by atoms with van der Waals surface area (Å²) in [7, 11) is 0. The fourth-order valence-corrected chi connectivity index (χ4v) is 3.69. The number of fused-ring (bicyclic) bond motifs is 2. The van der Waals surface area contributed by atoms with Crippen LogP contribution in [0.15, 0.2) is 95.1 Å². The molecule has 178 valence electrons. The third-order valence-corrected chi connectivity index (χ3v) is 5.34. The van der Waals surface area contributed by atoms with Crippen molar-refractivity contribution < 1.29 is 9.47 Å². The Morgan fingerprint density at radius 1 is 0.941 bits per heavy atom. The normalized spacial score (nSPS) is 18.8. The van der Waals surface area contributed by atoms with Crippen LogP contribution in [0.1, 0.15) is 31.4 Å². The fraction of sp³-hybridized carbons (Fsp3) is 0.286. The number of hydrazone groups is 1. The van der Waals surface area contributed by atoms with Gasteiger partial charge in [-0.3, -0.25) is 4.99 Å². The summed E-state index contributed by atoms with van der Waals surface area (Å²) in [6.07, 6.45) is 14.3. The number of hydrogen-bond donors (Lipinski definition) is 2. The molecular formula is C28H34N4O2. The Hall–Kier alpha value is -3.80. The molecule has 6 heteroatoms. The second-order valence-corrected chi connectivity index (χ2v) is 7.88. The molecule has 4 rings (SSSR count). The largest absolute Gasteiger partial charge is 0.489 e. The van der Waals surface area contributed by atoms with Crippen molar-refractivity contribution >= 4 is 11.5 Å². The van der Waals surface area contributed by atoms with Crippen molar-refractivity contribution in [2.45, 2.75) is 39.3 Å². The Morgan fingerprint density at radius 3 is 2.35 bits per heavy atom. The van der Waals surface area contributed by atoms with Gasteiger partial charge in [0.05, 0.1) is 11.8 Å². The topological polar surface area (TPSA) is 95.2 Å². The summed E-state index contributed by atoms with van der Waals surface area (Å²) in [4.78, 5) is 4.81. The molecule has 2 bridgehead atoms. The van der Waals surface area contributed by atoms with Crippen LogP contribution < -0.4 is 21.1 Å². The van der Waals surface area contributed by atoms with Gasteiger partial charge in [-0.2, -0.15) is 5.10 Å². The molecule has 0 amide bonds. The Balaban J connectivity index is 0.00000158. The lowest BCUT2D eigenvalue weighted by molar-refractivity contribution is 0.305. The number of aliphatic imine (C=N–C) groups is 1. The summed E-state index contributed by atoms with van der Waals surface area (Å²) >= 11 is 0. The van der Waals surface area contributed by atoms with Crippen LogP contribution in [0.3, 0.4) is 0 Å². The van der Waals surface area contributed by atoms with E-state index in [4.69, 9.17) is 26.0 Å². The van der Waals surface area contributed by atoms with Gasteiger partial charge in [-0.25, -0.2) is 0 Å². The lowest BCUT2D eigenvalue weighted by Crippen LogP contribution is -2.17. The molecule has 0 aromatic heterocycles. The molecule has 34 heavy (non-hydrogen) atoms. The monoisotopic (exact) mass is 458 g/mol. The lowest BCUT2D eigenvalue weighted by Gasteiger charge is -2.11. The Morgan fingerprint density at radius 2 is 1.62 bits per heavy atom. The predicted octanol–water partition coefficient (Wildman–Crippen LogP) is 4.96. The van der Waals surface area contributed by atoms with E-state index >= 15 is 0 Å². The van der Waals surface area contributed by atoms with Crippen molar-refractivity contribution in [1.82, 2.24) is 0 Å². The number of nitrogens with two attached hydrogens (primary N) is 2. The quantitative estimate of drug-likeness (QED) is 0.253. The SMILES string of the molecule is CC.N/N=C(\N)Cc1cccc(COc2ccc(OCC3=NC4C=CC=CC(C=C3)C4)cc2)c1. The minimum atomic E-state index is 0.205. The lowest BCUT2D eigenvalue weighted by atomic mass is 10.0. The van der Waals surface area contributed by atoms with Gasteiger partial charge in [-0.05, 0) is 53.8 Å². The summed E-state index contributed by atoms with van der Waals surface area (Å²) in [5.41, 5.74) is 8.76. The van der Waals surface area contributed by atoms with E-state index in [9.17, 15) is 0 Å². The maximum absolute atomic E-state index is 5.95. The highest BCUT2D eigenvalue weighted by molar-refractivity contribution is 5.96. The van der Waals surface area contributed by atoms with E-state index in [1.54, 1.807) is 0 Å². The summed E-state index contributed by atoms with van der Waals surface area (Å²) in [5, 5.41) is 3.52. The molecule has 0 spiro atoms. The van der Waals surface area contributed by atoms with Gasteiger partial charge < -0.3 is 21.1 Å². The molecule has 4 N–H and O–H groups in total. The molecule has 2 aromatic carbocycles. The van der Waals surface area contributed by atoms with Crippen LogP contribution >= 0.6 is 0 Å². The molecule has 2 unspecified atom stereocenters. The van der Waals surface area contributed by atoms with Crippen LogP contribution in [0.25, 0.3) is 0 Å². The summed E-state index contributed by atoms with van der Waals surface area (Å²) in [5.74, 6) is 7.61. The zero-order chi connectivity index (χ0) is 24.2. The van der Waals surface area contributed by atoms with Crippen LogP contribution in [0.4, 0.5) is 0 Å². The molecular weight excluding hydrogens is 424 g/mol. The highest BCUT2D eigenvalue weighted by atomic mass is 16.5. The second kappa shape index (κ2) is 13.0. The first kappa shape index (κ1) is 24.8. The summed E-state index contributed by atoms with van der Waals surface area (Å²) < 4.78 is 11.9. The maximum atomic E-state index is 5.95. The number of nitrogens with zero attached hydrogens (tertiary/aromatic N) is 2. The minimum Gasteiger partial charge on any atom is -0.489 e. The Kier molecular flexibility index (Phi) is 9.52. The molecule has 0 radical (unpaired) electrons. The van der Waals surface area contributed by atoms with E-state index in [1.807, 2.05) is 62.4 Å². The van der Waals surface area contributed by atoms with E-state index in [-0.39, 0.29) is 6.04 Å². The van der Waals surface area contributed by atoms with Gasteiger partial charge in [-0.15, -0.1) is 0 Å². The third kappa shape index (κ3) is 7.66. The first-order chi connectivity index (χ1) is 16.7. The van der Waals surface area contributed by atoms with Crippen LogP contribution in [0.5, 0.6) is 11.5 Å². The number of benzene rings is 2. The maximum Gasteiger partial charge on any atom is 0.130 e. The first-order valence-electron chi connectivity index (χ1n) is 11.7. The predicted molar refractivity (Wildman–Crippen MR) is 140 cm³/mol. The van der Waals surface area contributed by atoms with Crippen molar-refractivity contribution in [3.63, 3.8) is 0 Å². The van der Waals surface area contributed by atoms with Crippen LogP contribution in [-0.4, -0.2) is 24.2 Å². The van der Waals surface area contributed by atoms with Crippen molar-refractivity contribution in [3.05, 3.63) is 96.1 Å². The summed E-state index contributed by atoms with van der Waals surface area (Å²) in [6, 6.07) is 15.9. The molecule has 0 saturated carbocycles. The van der Waals surface area contributed by atoms with Gasteiger partial charge in [0.1, 0.15) is 30.5 Å². The highest BCUT2D eigenvalue weighted by Gasteiger charge is 2.15. The third-order valence-electron chi connectivity index (χ3n) is 5.34. The molecule has 2 aliphatic rings. The van der Waals surface area contributed by atoms with Gasteiger partial charge in [0, 0.05) is 6.42 Å². The van der Waals surface area contributed by atoms with Crippen LogP contribution in [0.2, 0.25) is 0 Å². The molecule has 1 heterocycles. The fourth-order valence-electron chi connectivity index (χ4n) is 3.69. The standard InChI is InChI=1S/C26H28N4O2.C2H6/c27-26(30-28)16-20-5-3-6-21(14-20)17-31-24-10-12-25(13-11-24)32-18-23-9-8-19-4-1-2-7-22(15-19)29-23;1-2/h1-14,19,22H,15-18,28H2,(H2,27,30);1-2H3. The van der Waals surface area contributed by atoms with Gasteiger partial charge in [0.15, 0.2) is 0 Å². The zero-order valence-corrected chi connectivity index (χ0v) is 19.9. The van der Waals surface area contributed by atoms with Crippen molar-refractivity contribution in [2.75, 3.05) is 6.61 Å². The Labute approximate surface area is 202 Å². The van der Waals surface area contributed by atoms with Crippen LogP contribution in [0, 0.1) is 5.92 Å². The molecule has 6 nitrogen and oxygen atoms in total. The summed E-state index contributed by atoms with van der Waals surface area (Å²) in [6.45, 7) is 4.90. The second-order valence-electron chi connectivity index (χ2n) is 7.88. The molecule has 1 aliphatic heterocycles. The van der Waals surface area contributed by atoms with E-state index < -0.39 is 0 Å². The van der Waals surface area contributed by atoms with Crippen molar-refractivity contribution in [3.8, 4) is 11.5 Å². The van der Waals surface area contributed by atoms with Crippen LogP contribution in [-0.2, 0) is 13.0 Å². The smallest absolute Gasteiger partial charge is 0.130 e. The number of hydrogen-bond acceptors (Lipinski definition) is 5. The average Bonchev–Trinajstić information content (AvgIpc) is 3.23. The van der Waals surface area contributed by atoms with Crippen molar-refractivity contribution in [2.24, 2.45) is 27.6 Å². The first-order valence-corrected chi connectivity index (χ1v) is 11.7. The van der Waals surface area contributed by atoms with E-state index in [0.29, 0.717) is 31.4 Å². The Bertz CT molecular complexity index is 1070. The van der Waals surface area contributed by atoms with E-state index in [2.05, 4.69) is 41.6 Å². The van der Waals surface area contributed by atoms with E-state index in [1.165, 1.54) is 0 Å². The highest BCUT2D eigenvalue weighted by Crippen LogP contribution is 2.22. The molecule has 0 fully saturated rings. The number of amidine groups is 1. The van der Waals surface area contributed by atoms with E-state index in [0.717, 1.165) is 34.8 Å². The number of rotatable bonds is 8. The molecule has 2 aromatic rings. The number of ether oxygens (including phenoxy) is 2. The van der Waals surface area contributed by atoms with Gasteiger partial charge >= 0.3 is 0 Å².